The van der Waals surface area contributed by atoms with Crippen LogP contribution in [0.15, 0.2) is 0 Å². The highest BCUT2D eigenvalue weighted by Gasteiger charge is 2.30. The maximum atomic E-state index is 10.5. The number of hydrogen-bond acceptors (Lipinski definition) is 2. The Bertz CT molecular complexity index is 154. The largest absolute Gasteiger partial charge is 0.305 e. The molecule has 2 nitrogen and oxygen atoms in total. The first-order valence-electron chi connectivity index (χ1n) is 4.25. The van der Waals surface area contributed by atoms with Crippen molar-refractivity contribution in [2.24, 2.45) is 5.41 Å². The summed E-state index contributed by atoms with van der Waals surface area (Å²) < 4.78 is 0. The molecule has 0 saturated carbocycles. The van der Waals surface area contributed by atoms with Gasteiger partial charge >= 0.3 is 0 Å². The number of hydrogen-bond donors (Lipinski definition) is 1. The molecule has 0 aliphatic carbocycles. The molecule has 1 heterocycles. The van der Waals surface area contributed by atoms with Crippen LogP contribution < -0.4 is 5.32 Å². The predicted octanol–water partition coefficient (Wildman–Crippen LogP) is 1.35. The van der Waals surface area contributed by atoms with E-state index in [-0.39, 0.29) is 6.04 Å². The highest BCUT2D eigenvalue weighted by molar-refractivity contribution is 5.58. The predicted molar refractivity (Wildman–Crippen MR) is 45.5 cm³/mol. The fourth-order valence-electron chi connectivity index (χ4n) is 2.08. The number of carbonyl (C=O) groups is 1. The first-order valence-corrected chi connectivity index (χ1v) is 4.25. The molecule has 1 aliphatic heterocycles. The summed E-state index contributed by atoms with van der Waals surface area (Å²) in [6.07, 6.45) is 3.16. The summed E-state index contributed by atoms with van der Waals surface area (Å²) in [5.41, 5.74) is 0.330. The highest BCUT2D eigenvalue weighted by atomic mass is 16.1. The molecule has 0 radical (unpaired) electrons. The lowest BCUT2D eigenvalue weighted by atomic mass is 9.77. The SMILES string of the molecule is CC1CC(C)(C)CC(C=O)N1. The van der Waals surface area contributed by atoms with Crippen molar-refractivity contribution in [1.29, 1.82) is 0 Å². The zero-order valence-electron chi connectivity index (χ0n) is 7.55. The molecule has 2 unspecified atom stereocenters. The monoisotopic (exact) mass is 155 g/mol. The van der Waals surface area contributed by atoms with Gasteiger partial charge in [-0.2, -0.15) is 0 Å². The number of nitrogens with one attached hydrogen (secondary N) is 1. The Morgan fingerprint density at radius 1 is 1.45 bits per heavy atom. The molecule has 11 heavy (non-hydrogen) atoms. The third-order valence-corrected chi connectivity index (χ3v) is 2.29. The zero-order valence-corrected chi connectivity index (χ0v) is 7.55. The molecule has 0 aromatic rings. The zero-order chi connectivity index (χ0) is 8.48. The number of rotatable bonds is 1. The van der Waals surface area contributed by atoms with Crippen molar-refractivity contribution < 1.29 is 4.79 Å². The Morgan fingerprint density at radius 2 is 2.09 bits per heavy atom. The van der Waals surface area contributed by atoms with Crippen LogP contribution in [-0.2, 0) is 4.79 Å². The lowest BCUT2D eigenvalue weighted by molar-refractivity contribution is -0.111. The summed E-state index contributed by atoms with van der Waals surface area (Å²) in [5.74, 6) is 0. The number of carbonyl (C=O) groups excluding carboxylic acids is 1. The van der Waals surface area contributed by atoms with Crippen molar-refractivity contribution in [1.82, 2.24) is 5.32 Å². The maximum Gasteiger partial charge on any atom is 0.136 e. The van der Waals surface area contributed by atoms with Crippen LogP contribution in [0, 0.1) is 5.41 Å². The van der Waals surface area contributed by atoms with Crippen molar-refractivity contribution in [3.63, 3.8) is 0 Å². The maximum absolute atomic E-state index is 10.5. The van der Waals surface area contributed by atoms with Gasteiger partial charge < -0.3 is 10.1 Å². The van der Waals surface area contributed by atoms with Gasteiger partial charge in [0.05, 0.1) is 6.04 Å². The van der Waals surface area contributed by atoms with E-state index in [0.717, 1.165) is 19.1 Å². The molecule has 0 amide bonds. The van der Waals surface area contributed by atoms with Crippen molar-refractivity contribution in [2.45, 2.75) is 45.7 Å². The van der Waals surface area contributed by atoms with E-state index in [1.54, 1.807) is 0 Å². The minimum Gasteiger partial charge on any atom is -0.305 e. The van der Waals surface area contributed by atoms with E-state index in [2.05, 4.69) is 26.1 Å². The van der Waals surface area contributed by atoms with Crippen LogP contribution in [0.1, 0.15) is 33.6 Å². The van der Waals surface area contributed by atoms with Crippen LogP contribution in [0.5, 0.6) is 0 Å². The van der Waals surface area contributed by atoms with Gasteiger partial charge in [-0.1, -0.05) is 13.8 Å². The van der Waals surface area contributed by atoms with E-state index in [1.807, 2.05) is 0 Å². The fourth-order valence-corrected chi connectivity index (χ4v) is 2.08. The standard InChI is InChI=1S/C9H17NO/c1-7-4-9(2,3)5-8(6-11)10-7/h6-8,10H,4-5H2,1-3H3. The molecule has 1 N–H and O–H groups in total. The second-order valence-corrected chi connectivity index (χ2v) is 4.38. The quantitative estimate of drug-likeness (QED) is 0.579. The van der Waals surface area contributed by atoms with Crippen LogP contribution in [-0.4, -0.2) is 18.4 Å². The van der Waals surface area contributed by atoms with Crippen LogP contribution in [0.4, 0.5) is 0 Å². The Hall–Kier alpha value is -0.370. The third kappa shape index (κ3) is 2.29. The van der Waals surface area contributed by atoms with Crippen molar-refractivity contribution in [3.05, 3.63) is 0 Å². The van der Waals surface area contributed by atoms with Crippen LogP contribution in [0.2, 0.25) is 0 Å². The van der Waals surface area contributed by atoms with Crippen molar-refractivity contribution >= 4 is 6.29 Å². The Kier molecular flexibility index (Phi) is 2.33. The van der Waals surface area contributed by atoms with E-state index < -0.39 is 0 Å². The molecule has 64 valence electrons. The molecule has 2 atom stereocenters. The van der Waals surface area contributed by atoms with Gasteiger partial charge in [0.15, 0.2) is 0 Å². The summed E-state index contributed by atoms with van der Waals surface area (Å²) in [4.78, 5) is 10.5. The Balaban J connectivity index is 2.57. The van der Waals surface area contributed by atoms with E-state index in [4.69, 9.17) is 0 Å². The van der Waals surface area contributed by atoms with Crippen molar-refractivity contribution in [2.75, 3.05) is 0 Å². The lowest BCUT2D eigenvalue weighted by Gasteiger charge is -2.37. The number of aldehydes is 1. The molecular weight excluding hydrogens is 138 g/mol. The van der Waals surface area contributed by atoms with Crippen molar-refractivity contribution in [3.8, 4) is 0 Å². The molecule has 2 heteroatoms. The van der Waals surface area contributed by atoms with Crippen LogP contribution >= 0.6 is 0 Å². The normalized spacial score (nSPS) is 36.6. The summed E-state index contributed by atoms with van der Waals surface area (Å²) in [6.45, 7) is 6.58. The Labute approximate surface area is 68.4 Å². The van der Waals surface area contributed by atoms with E-state index >= 15 is 0 Å². The number of piperidine rings is 1. The molecule has 0 aromatic carbocycles. The molecule has 1 saturated heterocycles. The Morgan fingerprint density at radius 3 is 2.55 bits per heavy atom. The topological polar surface area (TPSA) is 29.1 Å². The lowest BCUT2D eigenvalue weighted by Crippen LogP contribution is -2.47. The minimum atomic E-state index is 0.0775. The molecule has 1 fully saturated rings. The van der Waals surface area contributed by atoms with Crippen LogP contribution in [0.25, 0.3) is 0 Å². The van der Waals surface area contributed by atoms with Gasteiger partial charge in [-0.05, 0) is 25.2 Å². The molecule has 1 aliphatic rings. The third-order valence-electron chi connectivity index (χ3n) is 2.29. The average Bonchev–Trinajstić information content (AvgIpc) is 1.83. The molecule has 0 aromatic heterocycles. The molecular formula is C9H17NO. The van der Waals surface area contributed by atoms with Gasteiger partial charge in [0.1, 0.15) is 6.29 Å². The van der Waals surface area contributed by atoms with Gasteiger partial charge in [-0.3, -0.25) is 0 Å². The van der Waals surface area contributed by atoms with E-state index in [1.165, 1.54) is 0 Å². The smallest absolute Gasteiger partial charge is 0.136 e. The molecule has 1 rings (SSSR count). The van der Waals surface area contributed by atoms with E-state index in [0.29, 0.717) is 11.5 Å². The second-order valence-electron chi connectivity index (χ2n) is 4.38. The summed E-state index contributed by atoms with van der Waals surface area (Å²) in [7, 11) is 0. The van der Waals surface area contributed by atoms with Gasteiger partial charge in [-0.25, -0.2) is 0 Å². The summed E-state index contributed by atoms with van der Waals surface area (Å²) >= 11 is 0. The average molecular weight is 155 g/mol. The van der Waals surface area contributed by atoms with Gasteiger partial charge in [-0.15, -0.1) is 0 Å². The highest BCUT2D eigenvalue weighted by Crippen LogP contribution is 2.31. The molecule has 0 bridgehead atoms. The minimum absolute atomic E-state index is 0.0775. The molecule has 0 spiro atoms. The van der Waals surface area contributed by atoms with Gasteiger partial charge in [0.25, 0.3) is 0 Å². The fraction of sp³-hybridized carbons (Fsp3) is 0.889. The van der Waals surface area contributed by atoms with Crippen LogP contribution in [0.3, 0.4) is 0 Å². The summed E-state index contributed by atoms with van der Waals surface area (Å²) in [6, 6.07) is 0.558. The second kappa shape index (κ2) is 2.94. The van der Waals surface area contributed by atoms with E-state index in [9.17, 15) is 4.79 Å². The van der Waals surface area contributed by atoms with Gasteiger partial charge in [0.2, 0.25) is 0 Å². The summed E-state index contributed by atoms with van der Waals surface area (Å²) in [5, 5.41) is 3.25. The first-order chi connectivity index (χ1) is 5.03. The first kappa shape index (κ1) is 8.72. The van der Waals surface area contributed by atoms with Gasteiger partial charge in [0, 0.05) is 6.04 Å².